The molecule has 1 N–H and O–H groups in total. The molecular formula is C13H7F5N2O4. The molecule has 0 saturated heterocycles. The lowest BCUT2D eigenvalue weighted by atomic mass is 10.2. The Bertz CT molecular complexity index is 922. The third kappa shape index (κ3) is 2.92. The fourth-order valence-corrected chi connectivity index (χ4v) is 1.71. The maximum atomic E-state index is 13.4. The van der Waals surface area contributed by atoms with E-state index in [1.165, 1.54) is 6.92 Å². The Balaban J connectivity index is 2.38. The summed E-state index contributed by atoms with van der Waals surface area (Å²) in [5, 5.41) is 0. The number of hydrogen-bond donors (Lipinski definition) is 1. The third-order valence-corrected chi connectivity index (χ3v) is 2.91. The van der Waals surface area contributed by atoms with E-state index >= 15 is 0 Å². The van der Waals surface area contributed by atoms with Gasteiger partial charge in [-0.15, -0.1) is 0 Å². The second-order valence-corrected chi connectivity index (χ2v) is 4.54. The van der Waals surface area contributed by atoms with E-state index in [2.05, 4.69) is 9.72 Å². The summed E-state index contributed by atoms with van der Waals surface area (Å²) in [4.78, 5) is 36.8. The first kappa shape index (κ1) is 17.4. The van der Waals surface area contributed by atoms with Crippen molar-refractivity contribution < 1.29 is 31.5 Å². The summed E-state index contributed by atoms with van der Waals surface area (Å²) in [6, 6.07) is 0. The number of hydrogen-bond acceptors (Lipinski definition) is 4. The summed E-state index contributed by atoms with van der Waals surface area (Å²) in [6.07, 6.45) is 1.07. The van der Waals surface area contributed by atoms with E-state index in [9.17, 15) is 36.3 Å². The van der Waals surface area contributed by atoms with Crippen LogP contribution in [-0.2, 0) is 11.3 Å². The number of carbonyl (C=O) groups excluding carboxylic acids is 1. The normalized spacial score (nSPS) is 10.8. The quantitative estimate of drug-likeness (QED) is 0.296. The number of carbonyl (C=O) groups is 1. The monoisotopic (exact) mass is 350 g/mol. The van der Waals surface area contributed by atoms with E-state index in [1.807, 2.05) is 0 Å². The second kappa shape index (κ2) is 6.26. The average Bonchev–Trinajstić information content (AvgIpc) is 2.55. The molecule has 0 spiro atoms. The number of nitrogens with zero attached hydrogens (tertiary/aromatic N) is 1. The summed E-state index contributed by atoms with van der Waals surface area (Å²) in [6.45, 7) is 0.208. The topological polar surface area (TPSA) is 81.2 Å². The molecule has 0 aliphatic carbocycles. The number of nitrogens with one attached hydrogen (secondary N) is 1. The molecule has 0 unspecified atom stereocenters. The molecule has 0 bridgehead atoms. The molecule has 1 aromatic carbocycles. The highest BCUT2D eigenvalue weighted by Crippen LogP contribution is 2.29. The van der Waals surface area contributed by atoms with Crippen molar-refractivity contribution in [2.75, 3.05) is 0 Å². The van der Waals surface area contributed by atoms with Gasteiger partial charge in [0.2, 0.25) is 34.8 Å². The predicted octanol–water partition coefficient (Wildman–Crippen LogP) is 1.15. The van der Waals surface area contributed by atoms with Crippen molar-refractivity contribution in [1.82, 2.24) is 9.55 Å². The van der Waals surface area contributed by atoms with Gasteiger partial charge < -0.3 is 9.72 Å². The fraction of sp³-hybridized carbons (Fsp3) is 0.154. The van der Waals surface area contributed by atoms with Crippen LogP contribution >= 0.6 is 0 Å². The van der Waals surface area contributed by atoms with Gasteiger partial charge in [0.25, 0.3) is 5.56 Å². The minimum Gasteiger partial charge on any atom is -0.419 e. The van der Waals surface area contributed by atoms with Gasteiger partial charge in [-0.1, -0.05) is 0 Å². The summed E-state index contributed by atoms with van der Waals surface area (Å²) >= 11 is 0. The standard InChI is InChI=1S/C13H7F5N2O4/c1-4-2-19-13(23)20(12(4)22)3-5(21)24-11-9(17)7(15)6(14)8(16)10(11)18/h2H,3H2,1H3,(H,19,23). The number of H-pyrrole nitrogens is 1. The van der Waals surface area contributed by atoms with E-state index in [0.29, 0.717) is 4.57 Å². The van der Waals surface area contributed by atoms with Crippen molar-refractivity contribution in [3.8, 4) is 5.75 Å². The highest BCUT2D eigenvalue weighted by Gasteiger charge is 2.28. The van der Waals surface area contributed by atoms with Crippen LogP contribution in [0.2, 0.25) is 0 Å². The molecule has 0 atom stereocenters. The van der Waals surface area contributed by atoms with Gasteiger partial charge in [0.05, 0.1) is 0 Å². The Morgan fingerprint density at radius 2 is 1.54 bits per heavy atom. The van der Waals surface area contributed by atoms with Crippen LogP contribution in [0.3, 0.4) is 0 Å². The molecule has 0 fully saturated rings. The molecule has 2 rings (SSSR count). The molecule has 128 valence electrons. The SMILES string of the molecule is Cc1c[nH]c(=O)n(CC(=O)Oc2c(F)c(F)c(F)c(F)c2F)c1=O. The van der Waals surface area contributed by atoms with Gasteiger partial charge in [0.1, 0.15) is 6.54 Å². The van der Waals surface area contributed by atoms with Crippen LogP contribution in [0.4, 0.5) is 22.0 Å². The van der Waals surface area contributed by atoms with Crippen molar-refractivity contribution in [3.63, 3.8) is 0 Å². The molecule has 6 nitrogen and oxygen atoms in total. The minimum atomic E-state index is -2.42. The molecule has 0 amide bonds. The molecule has 2 aromatic rings. The fourth-order valence-electron chi connectivity index (χ4n) is 1.71. The van der Waals surface area contributed by atoms with Gasteiger partial charge in [-0.3, -0.25) is 4.79 Å². The predicted molar refractivity (Wildman–Crippen MR) is 67.9 cm³/mol. The molecule has 0 aliphatic heterocycles. The van der Waals surface area contributed by atoms with Gasteiger partial charge in [-0.25, -0.2) is 27.3 Å². The zero-order valence-corrected chi connectivity index (χ0v) is 11.8. The smallest absolute Gasteiger partial charge is 0.331 e. The molecule has 11 heteroatoms. The van der Waals surface area contributed by atoms with E-state index in [-0.39, 0.29) is 5.56 Å². The third-order valence-electron chi connectivity index (χ3n) is 2.91. The molecule has 0 aliphatic rings. The van der Waals surface area contributed by atoms with Gasteiger partial charge in [0, 0.05) is 11.8 Å². The van der Waals surface area contributed by atoms with Gasteiger partial charge in [-0.2, -0.15) is 8.78 Å². The largest absolute Gasteiger partial charge is 0.419 e. The van der Waals surface area contributed by atoms with Crippen molar-refractivity contribution in [2.24, 2.45) is 0 Å². The van der Waals surface area contributed by atoms with E-state index in [4.69, 9.17) is 0 Å². The number of esters is 1. The van der Waals surface area contributed by atoms with Crippen LogP contribution in [0.25, 0.3) is 0 Å². The number of aromatic nitrogens is 2. The van der Waals surface area contributed by atoms with Crippen LogP contribution in [0, 0.1) is 36.0 Å². The summed E-state index contributed by atoms with van der Waals surface area (Å²) in [7, 11) is 0. The highest BCUT2D eigenvalue weighted by molar-refractivity contribution is 5.72. The minimum absolute atomic E-state index is 0.0404. The Kier molecular flexibility index (Phi) is 4.53. The van der Waals surface area contributed by atoms with Crippen LogP contribution in [0.1, 0.15) is 5.56 Å². The number of benzene rings is 1. The molecule has 0 radical (unpaired) electrons. The Hall–Kier alpha value is -2.98. The van der Waals surface area contributed by atoms with E-state index < -0.39 is 58.6 Å². The maximum Gasteiger partial charge on any atom is 0.331 e. The average molecular weight is 350 g/mol. The number of ether oxygens (including phenoxy) is 1. The number of aromatic amines is 1. The molecule has 24 heavy (non-hydrogen) atoms. The number of halogens is 5. The maximum absolute atomic E-state index is 13.4. The van der Waals surface area contributed by atoms with Gasteiger partial charge in [-0.05, 0) is 6.92 Å². The van der Waals surface area contributed by atoms with Crippen LogP contribution in [-0.4, -0.2) is 15.5 Å². The Morgan fingerprint density at radius 1 is 1.04 bits per heavy atom. The summed E-state index contributed by atoms with van der Waals surface area (Å²) in [5.41, 5.74) is -1.88. The Morgan fingerprint density at radius 3 is 2.08 bits per heavy atom. The first-order chi connectivity index (χ1) is 11.1. The van der Waals surface area contributed by atoms with Gasteiger partial charge in [0.15, 0.2) is 0 Å². The number of aryl methyl sites for hydroxylation is 1. The lowest BCUT2D eigenvalue weighted by molar-refractivity contribution is -0.135. The van der Waals surface area contributed by atoms with Crippen molar-refractivity contribution in [3.05, 3.63) is 61.7 Å². The summed E-state index contributed by atoms with van der Waals surface area (Å²) < 4.78 is 70.1. The molecule has 1 heterocycles. The van der Waals surface area contributed by atoms with E-state index in [0.717, 1.165) is 6.20 Å². The van der Waals surface area contributed by atoms with E-state index in [1.54, 1.807) is 0 Å². The zero-order chi connectivity index (χ0) is 18.2. The van der Waals surface area contributed by atoms with Crippen molar-refractivity contribution in [2.45, 2.75) is 13.5 Å². The second-order valence-electron chi connectivity index (χ2n) is 4.54. The molecular weight excluding hydrogens is 343 g/mol. The van der Waals surface area contributed by atoms with Crippen LogP contribution < -0.4 is 16.0 Å². The van der Waals surface area contributed by atoms with Crippen molar-refractivity contribution in [1.29, 1.82) is 0 Å². The molecule has 1 aromatic heterocycles. The molecule has 0 saturated carbocycles. The summed E-state index contributed by atoms with van der Waals surface area (Å²) in [5.74, 6) is -15.2. The first-order valence-electron chi connectivity index (χ1n) is 6.16. The van der Waals surface area contributed by atoms with Crippen LogP contribution in [0.5, 0.6) is 5.75 Å². The lowest BCUT2D eigenvalue weighted by Gasteiger charge is -2.09. The van der Waals surface area contributed by atoms with Crippen molar-refractivity contribution >= 4 is 5.97 Å². The van der Waals surface area contributed by atoms with Gasteiger partial charge >= 0.3 is 11.7 Å². The van der Waals surface area contributed by atoms with Crippen LogP contribution in [0.15, 0.2) is 15.8 Å². The lowest BCUT2D eigenvalue weighted by Crippen LogP contribution is -2.39. The first-order valence-corrected chi connectivity index (χ1v) is 6.16. The zero-order valence-electron chi connectivity index (χ0n) is 11.8. The Labute approximate surface area is 129 Å². The number of rotatable bonds is 3. The highest BCUT2D eigenvalue weighted by atomic mass is 19.2.